The molecule has 330 valence electrons. The van der Waals surface area contributed by atoms with E-state index in [2.05, 4.69) is 62.5 Å². The highest BCUT2D eigenvalue weighted by atomic mass is 16.7. The van der Waals surface area contributed by atoms with Gasteiger partial charge in [0.2, 0.25) is 0 Å². The van der Waals surface area contributed by atoms with E-state index in [0.717, 1.165) is 70.6 Å². The molecule has 0 aliphatic carbocycles. The Kier molecular flexibility index (Phi) is 35.0. The molecule has 1 fully saturated rings. The molecule has 1 heterocycles. The number of hydrogen-bond donors (Lipinski definition) is 4. The minimum absolute atomic E-state index is 0.201. The van der Waals surface area contributed by atoms with Crippen molar-refractivity contribution in [2.24, 2.45) is 0 Å². The van der Waals surface area contributed by atoms with Gasteiger partial charge in [0, 0.05) is 12.8 Å². The maximum absolute atomic E-state index is 12.8. The van der Waals surface area contributed by atoms with Crippen molar-refractivity contribution in [1.82, 2.24) is 0 Å². The van der Waals surface area contributed by atoms with E-state index >= 15 is 0 Å². The van der Waals surface area contributed by atoms with Gasteiger partial charge in [0.25, 0.3) is 0 Å². The van der Waals surface area contributed by atoms with E-state index in [1.54, 1.807) is 0 Å². The smallest absolute Gasteiger partial charge is 0.306 e. The quantitative estimate of drug-likeness (QED) is 0.0271. The van der Waals surface area contributed by atoms with Crippen molar-refractivity contribution >= 4 is 11.9 Å². The molecule has 0 amide bonds. The van der Waals surface area contributed by atoms with Gasteiger partial charge in [-0.25, -0.2) is 0 Å². The number of rotatable bonds is 37. The minimum atomic E-state index is -1.60. The molecule has 6 atom stereocenters. The molecule has 1 rings (SSSR count). The third kappa shape index (κ3) is 29.5. The summed E-state index contributed by atoms with van der Waals surface area (Å²) in [5, 5.41) is 40.1. The predicted molar refractivity (Wildman–Crippen MR) is 229 cm³/mol. The van der Waals surface area contributed by atoms with E-state index in [-0.39, 0.29) is 26.1 Å². The SMILES string of the molecule is CCCCC/C=C/C/C=C/C/C=C/CCCCCCC(=O)O[C@H](COC(=O)CCCCCCC/C=C/CCCCCCCC)CO[C@@H]1O[C@H](CO)[C@H](O)C(O)C1O. The summed E-state index contributed by atoms with van der Waals surface area (Å²) in [5.41, 5.74) is 0. The fraction of sp³-hybridized carbons (Fsp3) is 0.787. The van der Waals surface area contributed by atoms with Crippen LogP contribution >= 0.6 is 0 Å². The number of unbranched alkanes of at least 4 members (excludes halogenated alkanes) is 18. The Morgan fingerprint density at radius 1 is 0.544 bits per heavy atom. The van der Waals surface area contributed by atoms with Crippen LogP contribution in [0.5, 0.6) is 0 Å². The standard InChI is InChI=1S/C47H82O10/c1-3-5-7-9-11-13-15-17-19-20-22-24-26-28-30-32-34-36-43(50)56-40(39-55-47-46(53)45(52)44(51)41(37-48)57-47)38-54-42(49)35-33-31-29-27-25-23-21-18-16-14-12-10-8-6-4-2/h11,13,17-19,21-22,24,40-41,44-48,51-53H,3-10,12,14-16,20,23,25-39H2,1-2H3/b13-11+,19-17+,21-18+,24-22+/t40-,41-,44+,45?,46?,47-/m1/s1. The van der Waals surface area contributed by atoms with Gasteiger partial charge in [-0.3, -0.25) is 9.59 Å². The van der Waals surface area contributed by atoms with Crippen LogP contribution in [-0.4, -0.2) is 89.0 Å². The summed E-state index contributed by atoms with van der Waals surface area (Å²) in [4.78, 5) is 25.3. The van der Waals surface area contributed by atoms with E-state index in [0.29, 0.717) is 12.8 Å². The van der Waals surface area contributed by atoms with Gasteiger partial charge >= 0.3 is 11.9 Å². The molecule has 0 saturated carbocycles. The second kappa shape index (κ2) is 37.9. The van der Waals surface area contributed by atoms with Gasteiger partial charge in [0.05, 0.1) is 13.2 Å². The summed E-state index contributed by atoms with van der Waals surface area (Å²) in [7, 11) is 0. The van der Waals surface area contributed by atoms with Crippen LogP contribution in [0.4, 0.5) is 0 Å². The average Bonchev–Trinajstić information content (AvgIpc) is 3.21. The summed E-state index contributed by atoms with van der Waals surface area (Å²) in [6, 6.07) is 0. The first-order valence-corrected chi connectivity index (χ1v) is 22.7. The normalized spacial score (nSPS) is 20.7. The highest BCUT2D eigenvalue weighted by Crippen LogP contribution is 2.22. The molecular weight excluding hydrogens is 725 g/mol. The second-order valence-corrected chi connectivity index (χ2v) is 15.5. The fourth-order valence-electron chi connectivity index (χ4n) is 6.54. The summed E-state index contributed by atoms with van der Waals surface area (Å²) in [6.45, 7) is 3.35. The van der Waals surface area contributed by atoms with Gasteiger partial charge in [-0.2, -0.15) is 0 Å². The molecule has 0 aromatic rings. The van der Waals surface area contributed by atoms with E-state index < -0.39 is 55.4 Å². The van der Waals surface area contributed by atoms with Crippen LogP contribution in [0.1, 0.15) is 181 Å². The van der Waals surface area contributed by atoms with Gasteiger partial charge in [0.1, 0.15) is 31.0 Å². The van der Waals surface area contributed by atoms with Crippen molar-refractivity contribution in [2.45, 2.75) is 218 Å². The third-order valence-electron chi connectivity index (χ3n) is 10.2. The number of aliphatic hydroxyl groups excluding tert-OH is 4. The molecule has 1 saturated heterocycles. The molecule has 10 nitrogen and oxygen atoms in total. The zero-order chi connectivity index (χ0) is 41.6. The molecular formula is C47H82O10. The molecule has 1 aliphatic heterocycles. The maximum atomic E-state index is 12.8. The summed E-state index contributed by atoms with van der Waals surface area (Å²) in [5.74, 6) is -0.842. The Balaban J connectivity index is 2.36. The molecule has 0 aromatic heterocycles. The number of aliphatic hydroxyl groups is 4. The maximum Gasteiger partial charge on any atom is 0.306 e. The van der Waals surface area contributed by atoms with Gasteiger partial charge in [-0.1, -0.05) is 140 Å². The zero-order valence-electron chi connectivity index (χ0n) is 35.8. The molecule has 0 bridgehead atoms. The van der Waals surface area contributed by atoms with Crippen molar-refractivity contribution in [2.75, 3.05) is 19.8 Å². The highest BCUT2D eigenvalue weighted by Gasteiger charge is 2.44. The van der Waals surface area contributed by atoms with Crippen LogP contribution in [0.3, 0.4) is 0 Å². The van der Waals surface area contributed by atoms with Crippen LogP contribution in [-0.2, 0) is 28.5 Å². The first-order valence-electron chi connectivity index (χ1n) is 22.7. The first-order chi connectivity index (χ1) is 27.8. The molecule has 0 spiro atoms. The lowest BCUT2D eigenvalue weighted by Crippen LogP contribution is -2.59. The van der Waals surface area contributed by atoms with E-state index in [1.807, 2.05) is 0 Å². The van der Waals surface area contributed by atoms with E-state index in [4.69, 9.17) is 18.9 Å². The Bertz CT molecular complexity index is 1070. The van der Waals surface area contributed by atoms with Crippen LogP contribution in [0.25, 0.3) is 0 Å². The number of carbonyl (C=O) groups is 2. The zero-order valence-corrected chi connectivity index (χ0v) is 35.8. The van der Waals surface area contributed by atoms with Crippen LogP contribution in [0.2, 0.25) is 0 Å². The predicted octanol–water partition coefficient (Wildman–Crippen LogP) is 9.67. The van der Waals surface area contributed by atoms with Crippen molar-refractivity contribution in [3.63, 3.8) is 0 Å². The Hall–Kier alpha value is -2.34. The van der Waals surface area contributed by atoms with Crippen molar-refractivity contribution < 1.29 is 49.0 Å². The van der Waals surface area contributed by atoms with Crippen LogP contribution in [0.15, 0.2) is 48.6 Å². The van der Waals surface area contributed by atoms with Crippen molar-refractivity contribution in [3.8, 4) is 0 Å². The Labute approximate surface area is 346 Å². The second-order valence-electron chi connectivity index (χ2n) is 15.5. The first kappa shape index (κ1) is 52.7. The molecule has 57 heavy (non-hydrogen) atoms. The largest absolute Gasteiger partial charge is 0.462 e. The molecule has 0 radical (unpaired) electrons. The van der Waals surface area contributed by atoms with Gasteiger partial charge in [-0.05, 0) is 77.0 Å². The fourth-order valence-corrected chi connectivity index (χ4v) is 6.54. The number of hydrogen-bond acceptors (Lipinski definition) is 10. The summed E-state index contributed by atoms with van der Waals surface area (Å²) >= 11 is 0. The van der Waals surface area contributed by atoms with Crippen molar-refractivity contribution in [1.29, 1.82) is 0 Å². The van der Waals surface area contributed by atoms with Crippen LogP contribution in [0, 0.1) is 0 Å². The number of carbonyl (C=O) groups excluding carboxylic acids is 2. The summed E-state index contributed by atoms with van der Waals surface area (Å²) in [6.07, 6.45) is 36.8. The molecule has 10 heteroatoms. The number of ether oxygens (including phenoxy) is 4. The highest BCUT2D eigenvalue weighted by molar-refractivity contribution is 5.70. The van der Waals surface area contributed by atoms with E-state index in [9.17, 15) is 30.0 Å². The average molecular weight is 807 g/mol. The number of allylic oxidation sites excluding steroid dienone is 8. The molecule has 4 N–H and O–H groups in total. The minimum Gasteiger partial charge on any atom is -0.462 e. The van der Waals surface area contributed by atoms with Crippen LogP contribution < -0.4 is 0 Å². The Morgan fingerprint density at radius 2 is 0.982 bits per heavy atom. The third-order valence-corrected chi connectivity index (χ3v) is 10.2. The number of esters is 2. The lowest BCUT2D eigenvalue weighted by molar-refractivity contribution is -0.305. The lowest BCUT2D eigenvalue weighted by Gasteiger charge is -2.39. The molecule has 1 aliphatic rings. The van der Waals surface area contributed by atoms with Gasteiger partial charge in [-0.15, -0.1) is 0 Å². The topological polar surface area (TPSA) is 152 Å². The van der Waals surface area contributed by atoms with Gasteiger partial charge < -0.3 is 39.4 Å². The summed E-state index contributed by atoms with van der Waals surface area (Å²) < 4.78 is 22.1. The monoisotopic (exact) mass is 807 g/mol. The Morgan fingerprint density at radius 3 is 1.53 bits per heavy atom. The molecule has 0 aromatic carbocycles. The van der Waals surface area contributed by atoms with Gasteiger partial charge in [0.15, 0.2) is 12.4 Å². The lowest BCUT2D eigenvalue weighted by atomic mass is 9.99. The molecule has 2 unspecified atom stereocenters. The van der Waals surface area contributed by atoms with Crippen molar-refractivity contribution in [3.05, 3.63) is 48.6 Å². The van der Waals surface area contributed by atoms with E-state index in [1.165, 1.54) is 70.6 Å².